The number of allylic oxidation sites excluding steroid dienone is 1. The van der Waals surface area contributed by atoms with Gasteiger partial charge in [0.1, 0.15) is 0 Å². The highest BCUT2D eigenvalue weighted by molar-refractivity contribution is 5.91. The van der Waals surface area contributed by atoms with E-state index in [1.807, 2.05) is 24.3 Å². The Morgan fingerprint density at radius 1 is 1.40 bits per heavy atom. The van der Waals surface area contributed by atoms with Crippen LogP contribution in [-0.4, -0.2) is 6.03 Å². The molecular weight excluding hydrogens is 188 g/mol. The average Bonchev–Trinajstić information content (AvgIpc) is 2.17. The lowest BCUT2D eigenvalue weighted by Crippen LogP contribution is -2.27. The maximum Gasteiger partial charge on any atom is 0.323 e. The second-order valence-electron chi connectivity index (χ2n) is 3.37. The number of carbonyl (C=O) groups excluding carboxylic acids is 1. The minimum atomic E-state index is -0.247. The highest BCUT2D eigenvalue weighted by Crippen LogP contribution is 2.14. The zero-order valence-electron chi connectivity index (χ0n) is 9.13. The molecule has 1 aromatic rings. The zero-order valence-corrected chi connectivity index (χ0v) is 9.13. The molecule has 2 N–H and O–H groups in total. The van der Waals surface area contributed by atoms with Crippen LogP contribution in [0.25, 0.3) is 0 Å². The Hall–Kier alpha value is -1.77. The van der Waals surface area contributed by atoms with Crippen molar-refractivity contribution in [3.8, 4) is 0 Å². The number of aryl methyl sites for hydroxylation is 1. The van der Waals surface area contributed by atoms with Crippen LogP contribution < -0.4 is 10.6 Å². The predicted molar refractivity (Wildman–Crippen MR) is 62.8 cm³/mol. The fourth-order valence-electron chi connectivity index (χ4n) is 1.30. The molecule has 0 saturated heterocycles. The Balaban J connectivity index is 2.71. The van der Waals surface area contributed by atoms with E-state index in [2.05, 4.69) is 24.1 Å². The summed E-state index contributed by atoms with van der Waals surface area (Å²) >= 11 is 0. The highest BCUT2D eigenvalue weighted by atomic mass is 16.2. The van der Waals surface area contributed by atoms with Gasteiger partial charge in [0.05, 0.1) is 0 Å². The van der Waals surface area contributed by atoms with Gasteiger partial charge in [-0.25, -0.2) is 4.79 Å². The first-order valence-corrected chi connectivity index (χ1v) is 4.95. The SMILES string of the molecule is C=C(C)NC(=O)Nc1ccccc1CC. The standard InChI is InChI=1S/C12H16N2O/c1-4-10-7-5-6-8-11(10)14-12(15)13-9(2)3/h5-8H,2,4H2,1,3H3,(H2,13,14,15). The van der Waals surface area contributed by atoms with Gasteiger partial charge in [-0.1, -0.05) is 31.7 Å². The van der Waals surface area contributed by atoms with E-state index < -0.39 is 0 Å². The quantitative estimate of drug-likeness (QED) is 0.781. The Bertz CT molecular complexity index is 372. The molecule has 0 radical (unpaired) electrons. The van der Waals surface area contributed by atoms with E-state index >= 15 is 0 Å². The van der Waals surface area contributed by atoms with Crippen LogP contribution in [0, 0.1) is 0 Å². The third kappa shape index (κ3) is 3.46. The normalized spacial score (nSPS) is 9.47. The van der Waals surface area contributed by atoms with Gasteiger partial charge in [0, 0.05) is 11.4 Å². The summed E-state index contributed by atoms with van der Waals surface area (Å²) < 4.78 is 0. The minimum Gasteiger partial charge on any atom is -0.312 e. The Morgan fingerprint density at radius 2 is 2.07 bits per heavy atom. The van der Waals surface area contributed by atoms with E-state index in [-0.39, 0.29) is 6.03 Å². The fraction of sp³-hybridized carbons (Fsp3) is 0.250. The Labute approximate surface area is 90.2 Å². The van der Waals surface area contributed by atoms with Gasteiger partial charge >= 0.3 is 6.03 Å². The Morgan fingerprint density at radius 3 is 2.67 bits per heavy atom. The van der Waals surface area contributed by atoms with Crippen LogP contribution in [0.1, 0.15) is 19.4 Å². The van der Waals surface area contributed by atoms with Gasteiger partial charge in [-0.3, -0.25) is 0 Å². The van der Waals surface area contributed by atoms with Crippen molar-refractivity contribution in [1.82, 2.24) is 5.32 Å². The average molecular weight is 204 g/mol. The molecule has 0 saturated carbocycles. The van der Waals surface area contributed by atoms with E-state index in [0.29, 0.717) is 5.70 Å². The first-order valence-electron chi connectivity index (χ1n) is 4.95. The number of nitrogens with one attached hydrogen (secondary N) is 2. The second-order valence-corrected chi connectivity index (χ2v) is 3.37. The molecule has 0 aliphatic rings. The molecule has 80 valence electrons. The van der Waals surface area contributed by atoms with Crippen LogP contribution in [0.3, 0.4) is 0 Å². The van der Waals surface area contributed by atoms with Crippen molar-refractivity contribution >= 4 is 11.7 Å². The van der Waals surface area contributed by atoms with E-state index in [9.17, 15) is 4.79 Å². The summed E-state index contributed by atoms with van der Waals surface area (Å²) in [7, 11) is 0. The molecule has 1 aromatic carbocycles. The first-order chi connectivity index (χ1) is 7.13. The monoisotopic (exact) mass is 204 g/mol. The highest BCUT2D eigenvalue weighted by Gasteiger charge is 2.03. The van der Waals surface area contributed by atoms with Crippen molar-refractivity contribution in [2.45, 2.75) is 20.3 Å². The summed E-state index contributed by atoms with van der Waals surface area (Å²) in [6.45, 7) is 7.40. The molecule has 2 amide bonds. The van der Waals surface area contributed by atoms with Gasteiger partial charge in [0.2, 0.25) is 0 Å². The number of rotatable bonds is 3. The molecule has 3 heteroatoms. The van der Waals surface area contributed by atoms with Crippen molar-refractivity contribution in [1.29, 1.82) is 0 Å². The fourth-order valence-corrected chi connectivity index (χ4v) is 1.30. The number of para-hydroxylation sites is 1. The number of amides is 2. The molecule has 0 heterocycles. The maximum absolute atomic E-state index is 11.4. The third-order valence-corrected chi connectivity index (χ3v) is 1.97. The third-order valence-electron chi connectivity index (χ3n) is 1.97. The number of hydrogen-bond acceptors (Lipinski definition) is 1. The molecule has 0 unspecified atom stereocenters. The molecule has 3 nitrogen and oxygen atoms in total. The van der Waals surface area contributed by atoms with Crippen LogP contribution in [0.4, 0.5) is 10.5 Å². The van der Waals surface area contributed by atoms with E-state index in [4.69, 9.17) is 0 Å². The molecule has 0 spiro atoms. The molecule has 15 heavy (non-hydrogen) atoms. The van der Waals surface area contributed by atoms with Crippen LogP contribution in [0.2, 0.25) is 0 Å². The van der Waals surface area contributed by atoms with Crippen molar-refractivity contribution in [3.05, 3.63) is 42.1 Å². The molecule has 0 aromatic heterocycles. The topological polar surface area (TPSA) is 41.1 Å². The van der Waals surface area contributed by atoms with Gasteiger partial charge in [-0.15, -0.1) is 0 Å². The molecule has 0 aliphatic heterocycles. The van der Waals surface area contributed by atoms with Crippen LogP contribution >= 0.6 is 0 Å². The second kappa shape index (κ2) is 5.20. The summed E-state index contributed by atoms with van der Waals surface area (Å²) in [5.74, 6) is 0. The van der Waals surface area contributed by atoms with Crippen molar-refractivity contribution < 1.29 is 4.79 Å². The lowest BCUT2D eigenvalue weighted by atomic mass is 10.1. The number of benzene rings is 1. The van der Waals surface area contributed by atoms with Gasteiger partial charge in [0.15, 0.2) is 0 Å². The van der Waals surface area contributed by atoms with E-state index in [1.54, 1.807) is 6.92 Å². The minimum absolute atomic E-state index is 0.247. The molecule has 0 atom stereocenters. The van der Waals surface area contributed by atoms with E-state index in [0.717, 1.165) is 17.7 Å². The van der Waals surface area contributed by atoms with Crippen LogP contribution in [0.15, 0.2) is 36.5 Å². The zero-order chi connectivity index (χ0) is 11.3. The van der Waals surface area contributed by atoms with Crippen molar-refractivity contribution in [2.75, 3.05) is 5.32 Å². The molecule has 1 rings (SSSR count). The Kier molecular flexibility index (Phi) is 3.92. The van der Waals surface area contributed by atoms with Crippen LogP contribution in [0.5, 0.6) is 0 Å². The number of urea groups is 1. The summed E-state index contributed by atoms with van der Waals surface area (Å²) in [5, 5.41) is 5.38. The van der Waals surface area contributed by atoms with Crippen molar-refractivity contribution in [3.63, 3.8) is 0 Å². The van der Waals surface area contributed by atoms with Crippen molar-refractivity contribution in [2.24, 2.45) is 0 Å². The smallest absolute Gasteiger partial charge is 0.312 e. The van der Waals surface area contributed by atoms with Gasteiger partial charge in [-0.2, -0.15) is 0 Å². The number of hydrogen-bond donors (Lipinski definition) is 2. The lowest BCUT2D eigenvalue weighted by Gasteiger charge is -2.10. The lowest BCUT2D eigenvalue weighted by molar-refractivity contribution is 0.254. The summed E-state index contributed by atoms with van der Waals surface area (Å²) in [6, 6.07) is 7.49. The van der Waals surface area contributed by atoms with E-state index in [1.165, 1.54) is 0 Å². The largest absolute Gasteiger partial charge is 0.323 e. The summed E-state index contributed by atoms with van der Waals surface area (Å²) in [5.41, 5.74) is 2.59. The summed E-state index contributed by atoms with van der Waals surface area (Å²) in [6.07, 6.45) is 0.892. The van der Waals surface area contributed by atoms with Crippen LogP contribution in [-0.2, 0) is 6.42 Å². The van der Waals surface area contributed by atoms with Gasteiger partial charge < -0.3 is 10.6 Å². The summed E-state index contributed by atoms with van der Waals surface area (Å²) in [4.78, 5) is 11.4. The molecule has 0 aliphatic carbocycles. The number of anilines is 1. The molecule has 0 bridgehead atoms. The first kappa shape index (κ1) is 11.3. The molecular formula is C12H16N2O. The molecule has 0 fully saturated rings. The van der Waals surface area contributed by atoms with Gasteiger partial charge in [0.25, 0.3) is 0 Å². The van der Waals surface area contributed by atoms with Gasteiger partial charge in [-0.05, 0) is 25.0 Å². The predicted octanol–water partition coefficient (Wildman–Crippen LogP) is 2.90. The maximum atomic E-state index is 11.4. The number of carbonyl (C=O) groups is 1.